The molecule has 2 aliphatic heterocycles. The quantitative estimate of drug-likeness (QED) is 0.182. The molecule has 14 heteroatoms. The molecule has 1 unspecified atom stereocenters. The van der Waals surface area contributed by atoms with Crippen molar-refractivity contribution in [3.8, 4) is 0 Å². The molecule has 0 aromatic carbocycles. The molecule has 0 saturated carbocycles. The fraction of sp³-hybridized carbons (Fsp3) is 0.238. The van der Waals surface area contributed by atoms with Crippen LogP contribution in [0.4, 0.5) is 5.13 Å². The minimum atomic E-state index is -1.43. The van der Waals surface area contributed by atoms with Crippen LogP contribution < -0.4 is 20.7 Å². The van der Waals surface area contributed by atoms with E-state index in [2.05, 4.69) is 15.5 Å². The number of thioether (sulfide) groups is 1. The van der Waals surface area contributed by atoms with E-state index in [4.69, 9.17) is 10.6 Å². The number of pyridine rings is 1. The zero-order valence-electron chi connectivity index (χ0n) is 18.2. The lowest BCUT2D eigenvalue weighted by Crippen LogP contribution is -2.71. The number of oxime groups is 1. The van der Waals surface area contributed by atoms with E-state index in [1.807, 2.05) is 34.3 Å². The van der Waals surface area contributed by atoms with Crippen molar-refractivity contribution in [1.29, 1.82) is 0 Å². The van der Waals surface area contributed by atoms with E-state index in [1.54, 1.807) is 16.7 Å². The monoisotopic (exact) mass is 530 g/mol. The molecule has 35 heavy (non-hydrogen) atoms. The number of aliphatic carboxylic acids is 1. The fourth-order valence-corrected chi connectivity index (χ4v) is 6.77. The number of hydrogen-bond donors (Lipinski definition) is 2. The van der Waals surface area contributed by atoms with Crippen LogP contribution in [0.25, 0.3) is 10.2 Å². The highest BCUT2D eigenvalue weighted by molar-refractivity contribution is 8.00. The number of nitrogen functional groups attached to an aromatic ring is 1. The number of β-lactam (4-membered cyclic amide) rings is 1. The van der Waals surface area contributed by atoms with Crippen LogP contribution in [0.15, 0.2) is 51.6 Å². The summed E-state index contributed by atoms with van der Waals surface area (Å²) in [5.74, 6) is -2.29. The predicted octanol–water partition coefficient (Wildman–Crippen LogP) is -0.318. The summed E-state index contributed by atoms with van der Waals surface area (Å²) in [5.41, 5.74) is 6.14. The summed E-state index contributed by atoms with van der Waals surface area (Å²) in [7, 11) is 1.28. The molecular weight excluding hydrogens is 512 g/mol. The number of aromatic nitrogens is 2. The number of thiazole rings is 1. The van der Waals surface area contributed by atoms with Crippen LogP contribution in [-0.4, -0.2) is 57.7 Å². The Bertz CT molecular complexity index is 1410. The average molecular weight is 531 g/mol. The van der Waals surface area contributed by atoms with E-state index >= 15 is 0 Å². The van der Waals surface area contributed by atoms with Crippen molar-refractivity contribution in [1.82, 2.24) is 15.2 Å². The first-order valence-electron chi connectivity index (χ1n) is 10.3. The number of nitrogens with zero attached hydrogens (tertiary/aromatic N) is 4. The SMILES string of the molecule is CO/N=C(\C(=O)NC1C(=O)N2C(C(=O)[O-])=C(C[n+]3cccc4ccsc43)CS[C@H]12)c1csc(N)n1. The Morgan fingerprint density at radius 2 is 2.23 bits per heavy atom. The third kappa shape index (κ3) is 4.13. The van der Waals surface area contributed by atoms with Gasteiger partial charge < -0.3 is 25.8 Å². The molecule has 3 N–H and O–H groups in total. The standard InChI is InChI=1S/C21H18N6O5S3/c1-32-25-13(12-9-35-21(22)23-12)16(28)24-14-17(29)27-15(20(30)31)11(8-34-19(14)27)7-26-5-2-3-10-4-6-33-18(10)26/h2-6,9,14,19H,7-8H2,1H3,(H3-,22,23,24,28,30,31)/b25-13-/t14?,19-/m1/s1. The van der Waals surface area contributed by atoms with Gasteiger partial charge in [0.25, 0.3) is 16.6 Å². The highest BCUT2D eigenvalue weighted by Gasteiger charge is 2.53. The summed E-state index contributed by atoms with van der Waals surface area (Å²) in [6.07, 6.45) is 1.87. The average Bonchev–Trinajstić information content (AvgIpc) is 3.49. The van der Waals surface area contributed by atoms with Gasteiger partial charge in [-0.25, -0.2) is 4.98 Å². The Hall–Kier alpha value is -3.49. The number of carbonyl (C=O) groups excluding carboxylic acids is 3. The maximum Gasteiger partial charge on any atom is 0.276 e. The molecule has 0 spiro atoms. The minimum absolute atomic E-state index is 0.135. The van der Waals surface area contributed by atoms with Gasteiger partial charge in [0.2, 0.25) is 0 Å². The van der Waals surface area contributed by atoms with Crippen molar-refractivity contribution in [2.24, 2.45) is 5.16 Å². The Balaban J connectivity index is 1.38. The number of nitrogens with two attached hydrogens (primary N) is 1. The van der Waals surface area contributed by atoms with E-state index in [0.717, 1.165) is 21.6 Å². The third-order valence-electron chi connectivity index (χ3n) is 5.53. The topological polar surface area (TPSA) is 154 Å². The first-order chi connectivity index (χ1) is 16.9. The van der Waals surface area contributed by atoms with Crippen molar-refractivity contribution in [2.75, 3.05) is 18.6 Å². The third-order valence-corrected chi connectivity index (χ3v) is 8.51. The number of rotatable bonds is 7. The molecule has 3 aromatic rings. The molecule has 3 aromatic heterocycles. The second-order valence-corrected chi connectivity index (χ2v) is 10.5. The number of fused-ring (bicyclic) bond motifs is 2. The van der Waals surface area contributed by atoms with Crippen molar-refractivity contribution < 1.29 is 28.9 Å². The molecule has 5 heterocycles. The summed E-state index contributed by atoms with van der Waals surface area (Å²) < 4.78 is 1.95. The maximum absolute atomic E-state index is 13.0. The summed E-state index contributed by atoms with van der Waals surface area (Å²) in [6, 6.07) is 4.93. The number of carboxylic acid groups (broad SMARTS) is 1. The summed E-state index contributed by atoms with van der Waals surface area (Å²) >= 11 is 4.06. The molecule has 0 radical (unpaired) electrons. The van der Waals surface area contributed by atoms with Crippen LogP contribution in [0.3, 0.4) is 0 Å². The predicted molar refractivity (Wildman–Crippen MR) is 129 cm³/mol. The van der Waals surface area contributed by atoms with E-state index in [9.17, 15) is 19.5 Å². The van der Waals surface area contributed by atoms with Crippen LogP contribution in [0.5, 0.6) is 0 Å². The number of amides is 2. The normalized spacial score (nSPS) is 20.0. The van der Waals surface area contributed by atoms with E-state index < -0.39 is 29.2 Å². The van der Waals surface area contributed by atoms with E-state index in [1.165, 1.54) is 23.8 Å². The first-order valence-corrected chi connectivity index (χ1v) is 13.1. The van der Waals surface area contributed by atoms with Crippen molar-refractivity contribution >= 4 is 73.3 Å². The number of thiophene rings is 1. The Kier molecular flexibility index (Phi) is 6.17. The van der Waals surface area contributed by atoms with Gasteiger partial charge in [-0.05, 0) is 17.5 Å². The van der Waals surface area contributed by atoms with Gasteiger partial charge in [0.1, 0.15) is 24.2 Å². The lowest BCUT2D eigenvalue weighted by molar-refractivity contribution is -0.661. The van der Waals surface area contributed by atoms with E-state index in [-0.39, 0.29) is 22.2 Å². The molecule has 11 nitrogen and oxygen atoms in total. The number of nitrogens with one attached hydrogen (secondary N) is 1. The number of hydrogen-bond acceptors (Lipinski definition) is 11. The van der Waals surface area contributed by atoms with Gasteiger partial charge in [0.15, 0.2) is 23.6 Å². The zero-order chi connectivity index (χ0) is 24.7. The van der Waals surface area contributed by atoms with Crippen molar-refractivity contribution in [2.45, 2.75) is 18.0 Å². The molecule has 0 bridgehead atoms. The van der Waals surface area contributed by atoms with Crippen LogP contribution in [0.1, 0.15) is 5.69 Å². The maximum atomic E-state index is 13.0. The largest absolute Gasteiger partial charge is 0.543 e. The van der Waals surface area contributed by atoms with Gasteiger partial charge >= 0.3 is 0 Å². The summed E-state index contributed by atoms with van der Waals surface area (Å²) in [6.45, 7) is 0.303. The molecular formula is C21H18N6O5S3. The van der Waals surface area contributed by atoms with Gasteiger partial charge in [0.05, 0.1) is 17.1 Å². The Morgan fingerprint density at radius 3 is 2.94 bits per heavy atom. The smallest absolute Gasteiger partial charge is 0.276 e. The van der Waals surface area contributed by atoms with Gasteiger partial charge in [0, 0.05) is 22.8 Å². The summed E-state index contributed by atoms with van der Waals surface area (Å²) in [4.78, 5) is 48.9. The lowest BCUT2D eigenvalue weighted by atomic mass is 10.0. The molecule has 180 valence electrons. The van der Waals surface area contributed by atoms with E-state index in [0.29, 0.717) is 17.9 Å². The lowest BCUT2D eigenvalue weighted by Gasteiger charge is -2.50. The molecule has 2 aliphatic rings. The van der Waals surface area contributed by atoms with Crippen LogP contribution in [0.2, 0.25) is 0 Å². The van der Waals surface area contributed by atoms with Crippen molar-refractivity contribution in [3.05, 3.63) is 52.1 Å². The highest BCUT2D eigenvalue weighted by Crippen LogP contribution is 2.40. The van der Waals surface area contributed by atoms with Gasteiger partial charge in [-0.1, -0.05) is 16.5 Å². The van der Waals surface area contributed by atoms with Crippen LogP contribution >= 0.6 is 34.4 Å². The van der Waals surface area contributed by atoms with Crippen LogP contribution in [-0.2, 0) is 25.8 Å². The Morgan fingerprint density at radius 1 is 1.40 bits per heavy atom. The molecule has 5 rings (SSSR count). The fourth-order valence-electron chi connectivity index (χ4n) is 4.01. The molecule has 0 aliphatic carbocycles. The van der Waals surface area contributed by atoms with Crippen LogP contribution in [0, 0.1) is 0 Å². The first kappa shape index (κ1) is 23.3. The molecule has 2 amide bonds. The minimum Gasteiger partial charge on any atom is -0.543 e. The Labute approximate surface area is 210 Å². The highest BCUT2D eigenvalue weighted by atomic mass is 32.2. The van der Waals surface area contributed by atoms with Gasteiger partial charge in [-0.3, -0.25) is 14.5 Å². The number of carboxylic acids is 1. The number of anilines is 1. The second kappa shape index (κ2) is 9.28. The molecule has 1 saturated heterocycles. The van der Waals surface area contributed by atoms with Crippen molar-refractivity contribution in [3.63, 3.8) is 0 Å². The number of carbonyl (C=O) groups is 3. The molecule has 2 atom stereocenters. The van der Waals surface area contributed by atoms with Gasteiger partial charge in [-0.2, -0.15) is 4.57 Å². The van der Waals surface area contributed by atoms with Gasteiger partial charge in [-0.15, -0.1) is 23.1 Å². The molecule has 1 fully saturated rings. The second-order valence-electron chi connectivity index (χ2n) is 7.61. The zero-order valence-corrected chi connectivity index (χ0v) is 20.6. The summed E-state index contributed by atoms with van der Waals surface area (Å²) in [5, 5.41) is 22.7.